The van der Waals surface area contributed by atoms with Crippen LogP contribution in [0.2, 0.25) is 0 Å². The van der Waals surface area contributed by atoms with Crippen LogP contribution in [0.5, 0.6) is 0 Å². The van der Waals surface area contributed by atoms with Gasteiger partial charge in [-0.3, -0.25) is 4.79 Å². The predicted octanol–water partition coefficient (Wildman–Crippen LogP) is 1.57. The van der Waals surface area contributed by atoms with Gasteiger partial charge in [-0.15, -0.1) is 0 Å². The summed E-state index contributed by atoms with van der Waals surface area (Å²) in [6.07, 6.45) is 1.95. The van der Waals surface area contributed by atoms with Crippen LogP contribution < -0.4 is 0 Å². The van der Waals surface area contributed by atoms with E-state index in [1.54, 1.807) is 24.3 Å². The molecule has 0 bridgehead atoms. The van der Waals surface area contributed by atoms with E-state index in [9.17, 15) is 9.90 Å². The van der Waals surface area contributed by atoms with E-state index in [0.29, 0.717) is 25.0 Å². The van der Waals surface area contributed by atoms with E-state index in [1.807, 2.05) is 6.07 Å². The van der Waals surface area contributed by atoms with Crippen molar-refractivity contribution in [2.45, 2.75) is 31.5 Å². The van der Waals surface area contributed by atoms with Gasteiger partial charge in [-0.2, -0.15) is 0 Å². The summed E-state index contributed by atoms with van der Waals surface area (Å²) >= 11 is 0. The fourth-order valence-electron chi connectivity index (χ4n) is 1.83. The third kappa shape index (κ3) is 5.28. The highest BCUT2D eigenvalue weighted by atomic mass is 16.6. The molecule has 0 spiro atoms. The number of ether oxygens (including phenoxy) is 2. The van der Waals surface area contributed by atoms with Crippen molar-refractivity contribution >= 4 is 5.97 Å². The van der Waals surface area contributed by atoms with Crippen LogP contribution in [0.3, 0.4) is 0 Å². The SMILES string of the molecule is COC(=O)CC(O)(OCCCCCO)c1ccccc1. The normalized spacial score (nSPS) is 13.8. The van der Waals surface area contributed by atoms with E-state index >= 15 is 0 Å². The highest BCUT2D eigenvalue weighted by Crippen LogP contribution is 2.27. The molecule has 0 heterocycles. The van der Waals surface area contributed by atoms with Crippen LogP contribution in [0.25, 0.3) is 0 Å². The summed E-state index contributed by atoms with van der Waals surface area (Å²) in [6, 6.07) is 8.77. The third-order valence-corrected chi connectivity index (χ3v) is 2.98. The van der Waals surface area contributed by atoms with Crippen molar-refractivity contribution in [3.05, 3.63) is 35.9 Å². The minimum absolute atomic E-state index is 0.144. The quantitative estimate of drug-likeness (QED) is 0.408. The highest BCUT2D eigenvalue weighted by Gasteiger charge is 2.33. The van der Waals surface area contributed by atoms with Gasteiger partial charge >= 0.3 is 5.97 Å². The molecule has 0 aliphatic heterocycles. The zero-order valence-corrected chi connectivity index (χ0v) is 11.7. The third-order valence-electron chi connectivity index (χ3n) is 2.98. The number of carbonyl (C=O) groups is 1. The van der Waals surface area contributed by atoms with Gasteiger partial charge in [0.05, 0.1) is 13.7 Å². The van der Waals surface area contributed by atoms with E-state index in [2.05, 4.69) is 4.74 Å². The Balaban J connectivity index is 2.67. The molecule has 0 saturated heterocycles. The lowest BCUT2D eigenvalue weighted by molar-refractivity contribution is -0.222. The molecule has 0 aliphatic rings. The molecule has 1 atom stereocenters. The van der Waals surface area contributed by atoms with Gasteiger partial charge in [0.1, 0.15) is 6.42 Å². The van der Waals surface area contributed by atoms with E-state index in [0.717, 1.165) is 6.42 Å². The first kappa shape index (κ1) is 16.6. The Morgan fingerprint density at radius 3 is 2.50 bits per heavy atom. The maximum Gasteiger partial charge on any atom is 0.311 e. The van der Waals surface area contributed by atoms with Gasteiger partial charge in [0.15, 0.2) is 0 Å². The Bertz CT molecular complexity index is 393. The predicted molar refractivity (Wildman–Crippen MR) is 73.9 cm³/mol. The number of methoxy groups -OCH3 is 1. The summed E-state index contributed by atoms with van der Waals surface area (Å²) in [7, 11) is 1.27. The first-order valence-corrected chi connectivity index (χ1v) is 6.72. The molecule has 0 radical (unpaired) electrons. The number of aliphatic hydroxyl groups is 2. The summed E-state index contributed by atoms with van der Waals surface area (Å²) in [5, 5.41) is 19.3. The largest absolute Gasteiger partial charge is 0.469 e. The van der Waals surface area contributed by atoms with Crippen LogP contribution in [0, 0.1) is 0 Å². The number of hydrogen-bond donors (Lipinski definition) is 2. The second-order valence-electron chi connectivity index (χ2n) is 4.54. The molecule has 5 nitrogen and oxygen atoms in total. The van der Waals surface area contributed by atoms with E-state index in [1.165, 1.54) is 7.11 Å². The van der Waals surface area contributed by atoms with Crippen LogP contribution >= 0.6 is 0 Å². The standard InChI is InChI=1S/C15H22O5/c1-19-14(17)12-15(18,13-8-4-2-5-9-13)20-11-7-3-6-10-16/h2,4-5,8-9,16,18H,3,6-7,10-12H2,1H3. The molecular weight excluding hydrogens is 260 g/mol. The summed E-state index contributed by atoms with van der Waals surface area (Å²) in [5.74, 6) is -2.21. The second kappa shape index (κ2) is 8.68. The molecule has 0 aliphatic carbocycles. The number of benzene rings is 1. The first-order chi connectivity index (χ1) is 9.62. The average Bonchev–Trinajstić information content (AvgIpc) is 2.48. The van der Waals surface area contributed by atoms with Crippen LogP contribution in [0.1, 0.15) is 31.2 Å². The second-order valence-corrected chi connectivity index (χ2v) is 4.54. The average molecular weight is 282 g/mol. The van der Waals surface area contributed by atoms with Crippen LogP contribution in [-0.4, -0.2) is 36.5 Å². The summed E-state index contributed by atoms with van der Waals surface area (Å²) < 4.78 is 10.1. The van der Waals surface area contributed by atoms with Crippen molar-refractivity contribution in [1.29, 1.82) is 0 Å². The fourth-order valence-corrected chi connectivity index (χ4v) is 1.83. The van der Waals surface area contributed by atoms with E-state index in [4.69, 9.17) is 9.84 Å². The van der Waals surface area contributed by atoms with Crippen molar-refractivity contribution in [1.82, 2.24) is 0 Å². The molecule has 0 aromatic heterocycles. The number of hydrogen-bond acceptors (Lipinski definition) is 5. The minimum Gasteiger partial charge on any atom is -0.469 e. The zero-order chi connectivity index (χ0) is 14.8. The molecule has 0 saturated carbocycles. The van der Waals surface area contributed by atoms with Gasteiger partial charge in [0.2, 0.25) is 5.79 Å². The Kier molecular flexibility index (Phi) is 7.22. The maximum absolute atomic E-state index is 11.4. The Hall–Kier alpha value is -1.43. The maximum atomic E-state index is 11.4. The van der Waals surface area contributed by atoms with Gasteiger partial charge in [-0.25, -0.2) is 0 Å². The molecule has 1 aromatic carbocycles. The van der Waals surface area contributed by atoms with Gasteiger partial charge < -0.3 is 19.7 Å². The van der Waals surface area contributed by atoms with E-state index in [-0.39, 0.29) is 13.0 Å². The number of unbranched alkanes of at least 4 members (excludes halogenated alkanes) is 2. The van der Waals surface area contributed by atoms with Crippen LogP contribution in [0.4, 0.5) is 0 Å². The lowest BCUT2D eigenvalue weighted by atomic mass is 10.0. The molecule has 0 amide bonds. The number of aliphatic hydroxyl groups excluding tert-OH is 1. The lowest BCUT2D eigenvalue weighted by Crippen LogP contribution is -2.33. The van der Waals surface area contributed by atoms with Crippen molar-refractivity contribution in [2.75, 3.05) is 20.3 Å². The molecule has 1 aromatic rings. The summed E-state index contributed by atoms with van der Waals surface area (Å²) in [5.41, 5.74) is 0.521. The minimum atomic E-state index is -1.67. The monoisotopic (exact) mass is 282 g/mol. The number of carbonyl (C=O) groups excluding carboxylic acids is 1. The van der Waals surface area contributed by atoms with Gasteiger partial charge in [-0.05, 0) is 19.3 Å². The lowest BCUT2D eigenvalue weighted by Gasteiger charge is -2.27. The van der Waals surface area contributed by atoms with Gasteiger partial charge in [0, 0.05) is 12.2 Å². The smallest absolute Gasteiger partial charge is 0.311 e. The van der Waals surface area contributed by atoms with Crippen LogP contribution in [-0.2, 0) is 20.1 Å². The molecule has 1 unspecified atom stereocenters. The number of rotatable bonds is 9. The molecule has 2 N–H and O–H groups in total. The summed E-state index contributed by atoms with van der Waals surface area (Å²) in [6.45, 7) is 0.452. The molecule has 20 heavy (non-hydrogen) atoms. The van der Waals surface area contributed by atoms with Gasteiger partial charge in [0.25, 0.3) is 0 Å². The molecule has 1 rings (SSSR count). The molecule has 112 valence electrons. The molecule has 5 heteroatoms. The summed E-state index contributed by atoms with van der Waals surface area (Å²) in [4.78, 5) is 11.4. The van der Waals surface area contributed by atoms with Crippen LogP contribution in [0.15, 0.2) is 30.3 Å². The molecular formula is C15H22O5. The van der Waals surface area contributed by atoms with Gasteiger partial charge in [-0.1, -0.05) is 30.3 Å². The Morgan fingerprint density at radius 1 is 1.20 bits per heavy atom. The number of esters is 1. The van der Waals surface area contributed by atoms with Crippen molar-refractivity contribution in [2.24, 2.45) is 0 Å². The van der Waals surface area contributed by atoms with Crippen molar-refractivity contribution in [3.8, 4) is 0 Å². The first-order valence-electron chi connectivity index (χ1n) is 6.72. The topological polar surface area (TPSA) is 76.0 Å². The van der Waals surface area contributed by atoms with E-state index < -0.39 is 11.8 Å². The molecule has 0 fully saturated rings. The highest BCUT2D eigenvalue weighted by molar-refractivity contribution is 5.70. The van der Waals surface area contributed by atoms with Crippen molar-refractivity contribution in [3.63, 3.8) is 0 Å². The Labute approximate surface area is 119 Å². The van der Waals surface area contributed by atoms with Crippen molar-refractivity contribution < 1.29 is 24.5 Å². The Morgan fingerprint density at radius 2 is 1.90 bits per heavy atom. The zero-order valence-electron chi connectivity index (χ0n) is 11.7. The fraction of sp³-hybridized carbons (Fsp3) is 0.533.